The topological polar surface area (TPSA) is 108 Å². The van der Waals surface area contributed by atoms with Crippen molar-refractivity contribution in [1.82, 2.24) is 0 Å². The van der Waals surface area contributed by atoms with Gasteiger partial charge in [0.05, 0.1) is 34.4 Å². The van der Waals surface area contributed by atoms with Crippen LogP contribution in [0.25, 0.3) is 0 Å². The fourth-order valence-corrected chi connectivity index (χ4v) is 11.2. The lowest BCUT2D eigenvalue weighted by Crippen LogP contribution is -2.40. The van der Waals surface area contributed by atoms with Gasteiger partial charge in [0.2, 0.25) is 0 Å². The molecule has 0 saturated heterocycles. The molecule has 2 atom stereocenters. The molecule has 2 unspecified atom stereocenters. The van der Waals surface area contributed by atoms with E-state index in [9.17, 15) is 19.5 Å². The lowest BCUT2D eigenvalue weighted by molar-refractivity contribution is -0.870. The number of rotatable bonds is 72. The van der Waals surface area contributed by atoms with Crippen molar-refractivity contribution in [3.63, 3.8) is 0 Å². The number of hydrogen-bond acceptors (Lipinski definition) is 7. The van der Waals surface area contributed by atoms with Crippen LogP contribution in [0.1, 0.15) is 354 Å². The first kappa shape index (κ1) is 88.2. The highest BCUT2D eigenvalue weighted by molar-refractivity contribution is 5.71. The fraction of sp³-hybridized carbons (Fsp3) is 0.771. The molecule has 0 aromatic carbocycles. The van der Waals surface area contributed by atoms with Crippen LogP contribution in [0.4, 0.5) is 0 Å². The first-order chi connectivity index (χ1) is 45.1. The number of nitrogens with zero attached hydrogens (tertiary/aromatic N) is 1. The molecule has 0 aliphatic rings. The molecule has 0 rings (SSSR count). The van der Waals surface area contributed by atoms with Crippen LogP contribution < -0.4 is 0 Å². The van der Waals surface area contributed by atoms with E-state index in [-0.39, 0.29) is 32.2 Å². The number of allylic oxidation sites excluding steroid dienone is 16. The maximum atomic E-state index is 13.0. The Bertz CT molecular complexity index is 1840. The second-order valence-electron chi connectivity index (χ2n) is 27.3. The summed E-state index contributed by atoms with van der Waals surface area (Å²) in [6.07, 6.45) is 98.4. The quantitative estimate of drug-likeness (QED) is 0.0211. The van der Waals surface area contributed by atoms with Crippen molar-refractivity contribution >= 4 is 17.9 Å². The number of carbonyl (C=O) groups excluding carboxylic acids is 2. The van der Waals surface area contributed by atoms with Gasteiger partial charge in [0, 0.05) is 12.8 Å². The number of aliphatic carboxylic acids is 1. The zero-order chi connectivity index (χ0) is 66.8. The Kier molecular flexibility index (Phi) is 70.0. The smallest absolute Gasteiger partial charge is 0.361 e. The predicted octanol–water partition coefficient (Wildman–Crippen LogP) is 24.8. The molecule has 92 heavy (non-hydrogen) atoms. The summed E-state index contributed by atoms with van der Waals surface area (Å²) in [5.74, 6) is -2.00. The fourth-order valence-electron chi connectivity index (χ4n) is 11.2. The minimum Gasteiger partial charge on any atom is -0.477 e. The molecule has 0 heterocycles. The molecule has 532 valence electrons. The molecule has 1 N–H and O–H groups in total. The van der Waals surface area contributed by atoms with Crippen LogP contribution >= 0.6 is 0 Å². The van der Waals surface area contributed by atoms with E-state index in [1.165, 1.54) is 225 Å². The minimum absolute atomic E-state index is 0.184. The molecular weight excluding hydrogens is 1140 g/mol. The monoisotopic (exact) mass is 1290 g/mol. The van der Waals surface area contributed by atoms with Gasteiger partial charge in [-0.05, 0) is 77.0 Å². The summed E-state index contributed by atoms with van der Waals surface area (Å²) in [4.78, 5) is 37.7. The normalized spacial score (nSPS) is 13.2. The summed E-state index contributed by atoms with van der Waals surface area (Å²) in [5, 5.41) is 9.77. The summed E-state index contributed by atoms with van der Waals surface area (Å²) in [5.41, 5.74) is 0. The van der Waals surface area contributed by atoms with Crippen LogP contribution in [0.15, 0.2) is 97.2 Å². The van der Waals surface area contributed by atoms with Crippen LogP contribution in [0, 0.1) is 0 Å². The van der Waals surface area contributed by atoms with E-state index in [0.29, 0.717) is 23.9 Å². The summed E-state index contributed by atoms with van der Waals surface area (Å²) >= 11 is 0. The van der Waals surface area contributed by atoms with E-state index >= 15 is 0 Å². The van der Waals surface area contributed by atoms with Crippen LogP contribution in [-0.2, 0) is 33.3 Å². The Balaban J connectivity index is 4.07. The highest BCUT2D eigenvalue weighted by Gasteiger charge is 2.25. The minimum atomic E-state index is -1.52. The maximum Gasteiger partial charge on any atom is 0.361 e. The zero-order valence-electron chi connectivity index (χ0n) is 60.9. The van der Waals surface area contributed by atoms with E-state index in [1.54, 1.807) is 0 Å². The summed E-state index contributed by atoms with van der Waals surface area (Å²) in [6.45, 7) is 4.81. The number of likely N-dealkylation sites (N-methyl/N-ethyl adjacent to an activating group) is 1. The van der Waals surface area contributed by atoms with E-state index in [1.807, 2.05) is 21.1 Å². The molecule has 0 aliphatic heterocycles. The molecular formula is C83H148NO8+. The van der Waals surface area contributed by atoms with Gasteiger partial charge in [-0.2, -0.15) is 0 Å². The molecule has 0 amide bonds. The number of hydrogen-bond donors (Lipinski definition) is 1. The SMILES string of the molecule is CC/C=C\C/C=C\C/C=C\C/C=C\C/C=C\C/C=C\C/C=C\C/C=C\CCCCCCCCCCCCC(=O)OC(COC(=O)CCCCCCCCCCCCCCCCCCCCCCCCCCCCCCCCCC)COC(OCC[N+](C)(C)C)C(=O)O. The van der Waals surface area contributed by atoms with Crippen molar-refractivity contribution in [1.29, 1.82) is 0 Å². The zero-order valence-corrected chi connectivity index (χ0v) is 60.9. The van der Waals surface area contributed by atoms with Gasteiger partial charge in [-0.25, -0.2) is 4.79 Å². The van der Waals surface area contributed by atoms with E-state index in [4.69, 9.17) is 18.9 Å². The molecule has 0 spiro atoms. The first-order valence-electron chi connectivity index (χ1n) is 38.9. The van der Waals surface area contributed by atoms with Crippen LogP contribution in [0.5, 0.6) is 0 Å². The third kappa shape index (κ3) is 73.6. The Morgan fingerprint density at radius 2 is 0.620 bits per heavy atom. The van der Waals surface area contributed by atoms with Crippen molar-refractivity contribution in [3.8, 4) is 0 Å². The first-order valence-corrected chi connectivity index (χ1v) is 38.9. The average Bonchev–Trinajstić information content (AvgIpc) is 3.70. The second kappa shape index (κ2) is 73.0. The number of ether oxygens (including phenoxy) is 4. The third-order valence-corrected chi connectivity index (χ3v) is 17.1. The van der Waals surface area contributed by atoms with Gasteiger partial charge in [0.25, 0.3) is 6.29 Å². The Labute approximate surface area is 569 Å². The summed E-state index contributed by atoms with van der Waals surface area (Å²) < 4.78 is 23.0. The third-order valence-electron chi connectivity index (χ3n) is 17.1. The molecule has 0 saturated carbocycles. The number of quaternary nitrogens is 1. The highest BCUT2D eigenvalue weighted by Crippen LogP contribution is 2.19. The molecule has 0 radical (unpaired) electrons. The van der Waals surface area contributed by atoms with Gasteiger partial charge in [0.15, 0.2) is 6.10 Å². The summed E-state index contributed by atoms with van der Waals surface area (Å²) in [6, 6.07) is 0. The van der Waals surface area contributed by atoms with Gasteiger partial charge < -0.3 is 28.5 Å². The molecule has 0 fully saturated rings. The van der Waals surface area contributed by atoms with Gasteiger partial charge in [-0.3, -0.25) is 9.59 Å². The van der Waals surface area contributed by atoms with Crippen molar-refractivity contribution in [3.05, 3.63) is 97.2 Å². The summed E-state index contributed by atoms with van der Waals surface area (Å²) in [7, 11) is 5.98. The largest absolute Gasteiger partial charge is 0.477 e. The molecule has 0 aromatic rings. The molecule has 0 aromatic heterocycles. The van der Waals surface area contributed by atoms with Gasteiger partial charge in [-0.15, -0.1) is 0 Å². The Morgan fingerprint density at radius 1 is 0.337 bits per heavy atom. The van der Waals surface area contributed by atoms with Gasteiger partial charge in [0.1, 0.15) is 13.2 Å². The molecule has 9 nitrogen and oxygen atoms in total. The molecule has 0 aliphatic carbocycles. The standard InChI is InChI=1S/C83H147NO8/c1-6-8-10-12-14-16-18-20-22-24-26-28-30-32-34-36-38-40-41-42-44-46-48-50-52-54-56-58-60-62-64-66-68-70-72-74-81(86)92-79(78-91-83(82(87)88)89-76-75-84(3,4)5)77-90-80(85)73-71-69-67-65-63-61-59-57-55-53-51-49-47-45-43-39-37-35-33-31-29-27-25-23-21-19-17-15-13-11-9-7-2/h8,10,14,16,20,22,26,28,32,34,38,40,42,44,48,50,79,83H,6-7,9,11-13,15,17-19,21,23-25,27,29-31,33,35-37,39,41,43,45-47,49,51-78H2,1-5H3/p+1/b10-8-,16-14-,22-20-,28-26-,34-32-,40-38-,44-42-,50-48-. The van der Waals surface area contributed by atoms with Crippen LogP contribution in [-0.4, -0.2) is 87.4 Å². The van der Waals surface area contributed by atoms with Gasteiger partial charge in [-0.1, -0.05) is 361 Å². The number of carboxylic acid groups (broad SMARTS) is 1. The van der Waals surface area contributed by atoms with Crippen molar-refractivity contribution in [2.75, 3.05) is 47.5 Å². The lowest BCUT2D eigenvalue weighted by Gasteiger charge is -2.25. The lowest BCUT2D eigenvalue weighted by atomic mass is 10.0. The number of carbonyl (C=O) groups is 3. The van der Waals surface area contributed by atoms with Crippen molar-refractivity contribution in [2.24, 2.45) is 0 Å². The number of unbranched alkanes of at least 4 members (excludes halogenated alkanes) is 41. The predicted molar refractivity (Wildman–Crippen MR) is 396 cm³/mol. The maximum absolute atomic E-state index is 13.0. The van der Waals surface area contributed by atoms with E-state index < -0.39 is 24.3 Å². The van der Waals surface area contributed by atoms with Crippen molar-refractivity contribution < 1.29 is 42.9 Å². The van der Waals surface area contributed by atoms with E-state index in [0.717, 1.165) is 96.3 Å². The van der Waals surface area contributed by atoms with Crippen molar-refractivity contribution in [2.45, 2.75) is 367 Å². The molecule has 0 bridgehead atoms. The van der Waals surface area contributed by atoms with Crippen LogP contribution in [0.2, 0.25) is 0 Å². The van der Waals surface area contributed by atoms with Crippen LogP contribution in [0.3, 0.4) is 0 Å². The Hall–Kier alpha value is -3.79. The number of carboxylic acids is 1. The molecule has 9 heteroatoms. The number of esters is 2. The van der Waals surface area contributed by atoms with Gasteiger partial charge >= 0.3 is 17.9 Å². The van der Waals surface area contributed by atoms with E-state index in [2.05, 4.69) is 111 Å². The average molecular weight is 1290 g/mol. The Morgan fingerprint density at radius 3 is 0.924 bits per heavy atom. The second-order valence-corrected chi connectivity index (χ2v) is 27.3. The highest BCUT2D eigenvalue weighted by atomic mass is 16.7.